The van der Waals surface area contributed by atoms with Crippen LogP contribution in [0.3, 0.4) is 0 Å². The maximum atomic E-state index is 12.0. The summed E-state index contributed by atoms with van der Waals surface area (Å²) in [4.78, 5) is 152. The first kappa shape index (κ1) is 99.9. The molecule has 0 radical (unpaired) electrons. The number of nitrogens with one attached hydrogen (secondary N) is 3. The van der Waals surface area contributed by atoms with Crippen molar-refractivity contribution in [2.45, 2.75) is 147 Å². The topological polar surface area (TPSA) is 458 Å². The third-order valence-corrected chi connectivity index (χ3v) is 17.3. The average Bonchev–Trinajstić information content (AvgIpc) is 0.803. The molecule has 3 amide bonds. The number of halogens is 3. The summed E-state index contributed by atoms with van der Waals surface area (Å²) in [7, 11) is 3.65. The van der Waals surface area contributed by atoms with Gasteiger partial charge in [0.25, 0.3) is 0 Å². The lowest BCUT2D eigenvalue weighted by Gasteiger charge is -2.33. The zero-order valence-electron chi connectivity index (χ0n) is 68.5. The quantitative estimate of drug-likeness (QED) is 0.0131. The van der Waals surface area contributed by atoms with Gasteiger partial charge in [0.1, 0.15) is 6.54 Å². The maximum Gasteiger partial charge on any atom is 0.339 e. The van der Waals surface area contributed by atoms with Gasteiger partial charge in [-0.3, -0.25) is 53.9 Å². The number of benzene rings is 1. The van der Waals surface area contributed by atoms with Gasteiger partial charge in [0.05, 0.1) is 118 Å². The normalized spacial score (nSPS) is 12.9. The van der Waals surface area contributed by atoms with Crippen molar-refractivity contribution in [3.63, 3.8) is 0 Å². The van der Waals surface area contributed by atoms with Crippen LogP contribution >= 0.6 is 35.6 Å². The third kappa shape index (κ3) is 32.0. The maximum absolute atomic E-state index is 12.0. The van der Waals surface area contributed by atoms with Crippen molar-refractivity contribution < 1.29 is 86.5 Å². The largest absolute Gasteiger partial charge is 0.466 e. The number of hydrogen-bond acceptors (Lipinski definition) is 31. The summed E-state index contributed by atoms with van der Waals surface area (Å²) in [6.07, 6.45) is 12.1. The number of amides is 3. The molecule has 4 aliphatic rings. The Morgan fingerprint density at radius 1 is 0.581 bits per heavy atom. The molecule has 0 aliphatic carbocycles. The first-order valence-corrected chi connectivity index (χ1v) is 37.8. The molecule has 0 unspecified atom stereocenters. The molecule has 6 aromatic rings. The number of ether oxygens (including phenoxy) is 6. The van der Waals surface area contributed by atoms with E-state index in [1.165, 1.54) is 49.8 Å². The molecule has 6 N–H and O–H groups in total. The van der Waals surface area contributed by atoms with Gasteiger partial charge < -0.3 is 74.8 Å². The van der Waals surface area contributed by atoms with E-state index in [0.717, 1.165) is 78.7 Å². The molecule has 5 aromatic heterocycles. The van der Waals surface area contributed by atoms with Crippen molar-refractivity contribution in [2.24, 2.45) is 11.7 Å². The van der Waals surface area contributed by atoms with E-state index in [4.69, 9.17) is 43.5 Å². The molecule has 36 nitrogen and oxygen atoms in total. The van der Waals surface area contributed by atoms with E-state index in [0.29, 0.717) is 67.0 Å². The van der Waals surface area contributed by atoms with Crippen molar-refractivity contribution in [1.29, 1.82) is 0 Å². The number of esters is 6. The summed E-state index contributed by atoms with van der Waals surface area (Å²) in [5.74, 6) is -0.0759. The van der Waals surface area contributed by atoms with Crippen molar-refractivity contribution in [3.05, 3.63) is 155 Å². The summed E-state index contributed by atoms with van der Waals surface area (Å²) in [5.41, 5.74) is 10.8. The molecule has 10 rings (SSSR count). The van der Waals surface area contributed by atoms with Crippen LogP contribution in [0, 0.1) is 26.1 Å². The summed E-state index contributed by atoms with van der Waals surface area (Å²) >= 11 is 11.4. The van der Waals surface area contributed by atoms with Crippen LogP contribution in [0.25, 0.3) is 5.57 Å². The van der Waals surface area contributed by atoms with Gasteiger partial charge in [0.15, 0.2) is 17.5 Å². The third-order valence-electron chi connectivity index (χ3n) is 16.8. The average molecular weight is 1690 g/mol. The second-order valence-corrected chi connectivity index (χ2v) is 27.9. The molecule has 0 saturated carbocycles. The fraction of sp³-hybridized carbons (Fsp3) is 0.462. The molecule has 638 valence electrons. The zero-order chi connectivity index (χ0) is 86.6. The molecule has 117 heavy (non-hydrogen) atoms. The van der Waals surface area contributed by atoms with E-state index in [1.807, 2.05) is 67.6 Å². The lowest BCUT2D eigenvalue weighted by atomic mass is 9.99. The summed E-state index contributed by atoms with van der Waals surface area (Å²) < 4.78 is 27.6. The predicted molar refractivity (Wildman–Crippen MR) is 445 cm³/mol. The van der Waals surface area contributed by atoms with Crippen molar-refractivity contribution in [3.8, 4) is 0 Å². The molecule has 39 heteroatoms. The highest BCUT2D eigenvalue weighted by molar-refractivity contribution is 6.31. The van der Waals surface area contributed by atoms with Crippen LogP contribution < -0.4 is 41.3 Å². The van der Waals surface area contributed by atoms with Crippen molar-refractivity contribution in [1.82, 2.24) is 29.8 Å². The summed E-state index contributed by atoms with van der Waals surface area (Å²) in [6, 6.07) is 15.9. The fourth-order valence-electron chi connectivity index (χ4n) is 10.9. The molecule has 9 heterocycles. The molecule has 0 saturated heterocycles. The second kappa shape index (κ2) is 50.2. The standard InChI is InChI=1S/C22H25ClN4O.C14H19N3O6.C12H15N3O3.C11H15N3O2.C8H16O2.C7H5ClN2O4.C4H9NO2.ClH/c1-15(2)27-14-21(28)25-20-11-16(12-24-22(20)27)13-26-9-7-18(8-10-26)17-3-5-19(23)6-4-17;1-5-23-12(18)8-16(9(2)3)13-11(17(20)21)6-10(7-15-13)14(19)22-4;1-7(2)15-6-10(16)14-9-4-8(12(17)18-3)5-13-11(9)15;1-7(2)14-5-10(16)13-9-3-8(6-15)4-12-11(9)14;1-4-10-8(9)6-5-7(2)3;1-14-7(11)4-2-5(10(12)13)6(8)9-3-4;1-2-7-4(6)3-5;/h3-7,11-12,15H,8-10,13-14H2,1-2H3,(H,25,28);6-7,9H,5,8H2,1-4H3;4-5,7H,6H2,1-3H3,(H,14,16);3-4,7,15H,5-6H2,1-2H3,(H,13,16);7H,4-6H2,1-3H3;2-3H,1H3;2-3,5H2,1H3;1H. The number of aromatic nitrogens is 5. The van der Waals surface area contributed by atoms with Crippen LogP contribution in [0.5, 0.6) is 0 Å². The number of anilines is 7. The Bertz CT molecular complexity index is 4400. The minimum absolute atomic E-state index is 0. The highest BCUT2D eigenvalue weighted by atomic mass is 35.5. The first-order valence-electron chi connectivity index (χ1n) is 37.1. The molecular weight excluding hydrogens is 1590 g/mol. The van der Waals surface area contributed by atoms with Crippen LogP contribution in [0.2, 0.25) is 10.2 Å². The predicted octanol–water partition coefficient (Wildman–Crippen LogP) is 10.9. The Labute approximate surface area is 695 Å². The van der Waals surface area contributed by atoms with E-state index < -0.39 is 39.4 Å². The van der Waals surface area contributed by atoms with E-state index in [2.05, 4.69) is 117 Å². The SMILES string of the molecule is CC(C)N1CC(=O)Nc2cc(CN3CC=C(c4ccc(Cl)cc4)CC3)cnc21.CC(C)N1CC(=O)Nc2cc(CO)cnc21.CCOC(=O)CCC(C)C.CCOC(=O)CN.CCOC(=O)CN(c1ncc(C(=O)OC)cc1[N+](=O)[O-])C(C)C.COC(=O)c1cnc(Cl)c([N+](=O)[O-])c1.COC(=O)c1cnc2c(c1)NC(=O)CN2C(C)C.Cl. The van der Waals surface area contributed by atoms with E-state index >= 15 is 0 Å². The number of aliphatic hydroxyl groups excluding tert-OH is 1. The molecule has 4 aliphatic heterocycles. The Morgan fingerprint density at radius 3 is 1.41 bits per heavy atom. The summed E-state index contributed by atoms with van der Waals surface area (Å²) in [6.45, 7) is 29.7. The number of aliphatic hydroxyl groups is 1. The van der Waals surface area contributed by atoms with Crippen LogP contribution in [0.15, 0.2) is 91.7 Å². The Morgan fingerprint density at radius 2 is 1.00 bits per heavy atom. The summed E-state index contributed by atoms with van der Waals surface area (Å²) in [5, 5.41) is 39.7. The second-order valence-electron chi connectivity index (χ2n) is 27.1. The van der Waals surface area contributed by atoms with Gasteiger partial charge in [-0.2, -0.15) is 0 Å². The zero-order valence-corrected chi connectivity index (χ0v) is 70.8. The first-order chi connectivity index (χ1) is 55.0. The number of rotatable bonds is 23. The number of carbonyl (C=O) groups is 9. The van der Waals surface area contributed by atoms with E-state index in [9.17, 15) is 63.4 Å². The number of nitro groups is 2. The van der Waals surface area contributed by atoms with Gasteiger partial charge in [-0.15, -0.1) is 12.4 Å². The van der Waals surface area contributed by atoms with Crippen LogP contribution in [-0.4, -0.2) is 209 Å². The fourth-order valence-corrected chi connectivity index (χ4v) is 11.2. The molecule has 0 bridgehead atoms. The smallest absolute Gasteiger partial charge is 0.339 e. The minimum Gasteiger partial charge on any atom is -0.466 e. The number of hydrogen-bond donors (Lipinski definition) is 5. The van der Waals surface area contributed by atoms with Gasteiger partial charge in [0, 0.05) is 98.4 Å². The minimum atomic E-state index is -0.728. The number of pyridine rings is 5. The number of fused-ring (bicyclic) bond motifs is 3. The molecule has 0 fully saturated rings. The van der Waals surface area contributed by atoms with Crippen molar-refractivity contribution in [2.75, 3.05) is 123 Å². The van der Waals surface area contributed by atoms with Crippen molar-refractivity contribution >= 4 is 146 Å². The molecule has 0 atom stereocenters. The van der Waals surface area contributed by atoms with Crippen LogP contribution in [0.1, 0.15) is 157 Å². The molecule has 0 spiro atoms. The van der Waals surface area contributed by atoms with Gasteiger partial charge in [-0.25, -0.2) is 39.3 Å². The van der Waals surface area contributed by atoms with Crippen LogP contribution in [-0.2, 0) is 70.3 Å². The van der Waals surface area contributed by atoms with E-state index in [1.54, 1.807) is 46.0 Å². The molecular formula is C78H105Cl3N16O20. The van der Waals surface area contributed by atoms with E-state index in [-0.39, 0.29) is 127 Å². The highest BCUT2D eigenvalue weighted by Crippen LogP contribution is 2.34. The van der Waals surface area contributed by atoms with Gasteiger partial charge >= 0.3 is 47.2 Å². The number of nitrogens with two attached hydrogens (primary N) is 1. The molecule has 1 aromatic carbocycles. The monoisotopic (exact) mass is 1690 g/mol. The van der Waals surface area contributed by atoms with Crippen LogP contribution in [0.4, 0.5) is 51.7 Å². The number of carbonyl (C=O) groups excluding carboxylic acids is 9. The highest BCUT2D eigenvalue weighted by Gasteiger charge is 2.31. The Kier molecular flexibility index (Phi) is 42.9. The Hall–Kier alpha value is -11.3. The lowest BCUT2D eigenvalue weighted by molar-refractivity contribution is -0.385. The van der Waals surface area contributed by atoms with Gasteiger partial charge in [0.2, 0.25) is 28.7 Å². The number of nitrogens with zero attached hydrogens (tertiary/aromatic N) is 12. The van der Waals surface area contributed by atoms with Gasteiger partial charge in [-0.1, -0.05) is 55.3 Å². The lowest BCUT2D eigenvalue weighted by Crippen LogP contribution is -2.42. The number of methoxy groups -OCH3 is 3. The Balaban J connectivity index is 0.000000365. The van der Waals surface area contributed by atoms with Gasteiger partial charge in [-0.05, 0) is 148 Å².